The first-order chi connectivity index (χ1) is 16.4. The van der Waals surface area contributed by atoms with E-state index in [2.05, 4.69) is 21.7 Å². The van der Waals surface area contributed by atoms with Crippen molar-refractivity contribution in [1.29, 1.82) is 0 Å². The Morgan fingerprint density at radius 3 is 2.38 bits per heavy atom. The van der Waals surface area contributed by atoms with Crippen LogP contribution < -0.4 is 10.6 Å². The lowest BCUT2D eigenvalue weighted by Crippen LogP contribution is -2.34. The number of halogens is 1. The van der Waals surface area contributed by atoms with Crippen molar-refractivity contribution in [3.8, 4) is 0 Å². The summed E-state index contributed by atoms with van der Waals surface area (Å²) in [7, 11) is 0. The van der Waals surface area contributed by atoms with E-state index in [1.54, 1.807) is 0 Å². The molecule has 1 heterocycles. The van der Waals surface area contributed by atoms with Crippen molar-refractivity contribution in [2.75, 3.05) is 6.54 Å². The third-order valence-electron chi connectivity index (χ3n) is 6.03. The van der Waals surface area contributed by atoms with Gasteiger partial charge in [-0.25, -0.2) is 0 Å². The molecular formula is C28H28ClN3O2. The van der Waals surface area contributed by atoms with Gasteiger partial charge in [0.1, 0.15) is 0 Å². The Kier molecular flexibility index (Phi) is 7.33. The number of aromatic nitrogens is 1. The van der Waals surface area contributed by atoms with Crippen LogP contribution in [0.15, 0.2) is 79.0 Å². The topological polar surface area (TPSA) is 74.0 Å². The van der Waals surface area contributed by atoms with Gasteiger partial charge in [-0.3, -0.25) is 9.59 Å². The highest BCUT2D eigenvalue weighted by molar-refractivity contribution is 6.31. The molecule has 1 aromatic heterocycles. The van der Waals surface area contributed by atoms with Crippen LogP contribution in [-0.2, 0) is 9.59 Å². The first kappa shape index (κ1) is 23.6. The lowest BCUT2D eigenvalue weighted by atomic mass is 9.90. The number of para-hydroxylation sites is 1. The number of nitrogens with one attached hydrogen (secondary N) is 3. The molecule has 3 aromatic carbocycles. The Morgan fingerprint density at radius 2 is 1.65 bits per heavy atom. The summed E-state index contributed by atoms with van der Waals surface area (Å²) in [6.07, 6.45) is 2.13. The Morgan fingerprint density at radius 1 is 0.941 bits per heavy atom. The van der Waals surface area contributed by atoms with Gasteiger partial charge < -0.3 is 15.6 Å². The summed E-state index contributed by atoms with van der Waals surface area (Å²) < 4.78 is 0. The second kappa shape index (κ2) is 10.6. The molecule has 4 rings (SSSR count). The first-order valence-corrected chi connectivity index (χ1v) is 11.7. The average molecular weight is 474 g/mol. The quantitative estimate of drug-likeness (QED) is 0.309. The lowest BCUT2D eigenvalue weighted by molar-refractivity contribution is -0.122. The molecule has 0 aliphatic carbocycles. The predicted octanol–water partition coefficient (Wildman–Crippen LogP) is 5.65. The van der Waals surface area contributed by atoms with Crippen LogP contribution in [0.4, 0.5) is 0 Å². The van der Waals surface area contributed by atoms with E-state index in [4.69, 9.17) is 11.6 Å². The Bertz CT molecular complexity index is 1300. The molecule has 0 aliphatic heterocycles. The number of amides is 2. The van der Waals surface area contributed by atoms with Gasteiger partial charge in [0, 0.05) is 41.5 Å². The molecule has 5 nitrogen and oxygen atoms in total. The van der Waals surface area contributed by atoms with E-state index in [1.807, 2.05) is 79.9 Å². The number of hydrogen-bond acceptors (Lipinski definition) is 2. The molecule has 0 saturated heterocycles. The number of aryl methyl sites for hydroxylation is 1. The van der Waals surface area contributed by atoms with Gasteiger partial charge in [0.25, 0.3) is 0 Å². The maximum absolute atomic E-state index is 13.0. The van der Waals surface area contributed by atoms with Crippen molar-refractivity contribution >= 4 is 34.3 Å². The van der Waals surface area contributed by atoms with Crippen LogP contribution >= 0.6 is 11.6 Å². The number of carbonyl (C=O) groups excluding carboxylic acids is 2. The zero-order chi connectivity index (χ0) is 24.1. The van der Waals surface area contributed by atoms with Crippen LogP contribution in [0.25, 0.3) is 10.9 Å². The second-order valence-corrected chi connectivity index (χ2v) is 8.94. The molecule has 0 radical (unpaired) electrons. The lowest BCUT2D eigenvalue weighted by Gasteiger charge is -2.22. The minimum absolute atomic E-state index is 0.132. The molecule has 34 heavy (non-hydrogen) atoms. The summed E-state index contributed by atoms with van der Waals surface area (Å²) >= 11 is 6.57. The SMILES string of the molecule is CC(=O)N[C@@H](CC(=O)NC[C@@H](c1ccccc1Cl)c1c[nH]c2ccccc12)c1ccc(C)cc1. The van der Waals surface area contributed by atoms with Gasteiger partial charge >= 0.3 is 0 Å². The normalized spacial score (nSPS) is 12.8. The van der Waals surface area contributed by atoms with E-state index in [1.165, 1.54) is 6.92 Å². The first-order valence-electron chi connectivity index (χ1n) is 11.3. The molecular weight excluding hydrogens is 446 g/mol. The number of benzene rings is 3. The van der Waals surface area contributed by atoms with Crippen LogP contribution in [0.5, 0.6) is 0 Å². The molecule has 174 valence electrons. The molecule has 0 saturated carbocycles. The predicted molar refractivity (Wildman–Crippen MR) is 137 cm³/mol. The van der Waals surface area contributed by atoms with E-state index in [0.717, 1.165) is 33.2 Å². The maximum atomic E-state index is 13.0. The summed E-state index contributed by atoms with van der Waals surface area (Å²) in [4.78, 5) is 28.1. The third kappa shape index (κ3) is 5.49. The minimum Gasteiger partial charge on any atom is -0.361 e. The standard InChI is InChI=1S/C28H28ClN3O2/c1-18-11-13-20(14-12-18)27(32-19(2)33)15-28(34)31-17-23(21-7-3-5-9-25(21)29)24-16-30-26-10-6-4-8-22(24)26/h3-14,16,23,27,30H,15,17H2,1-2H3,(H,31,34)(H,32,33)/t23-,27-/m0/s1. The monoisotopic (exact) mass is 473 g/mol. The van der Waals surface area contributed by atoms with Crippen molar-refractivity contribution < 1.29 is 9.59 Å². The Labute approximate surface area is 204 Å². The molecule has 2 atom stereocenters. The molecule has 0 aliphatic rings. The zero-order valence-electron chi connectivity index (χ0n) is 19.3. The molecule has 3 N–H and O–H groups in total. The molecule has 0 bridgehead atoms. The highest BCUT2D eigenvalue weighted by Crippen LogP contribution is 2.34. The summed E-state index contributed by atoms with van der Waals surface area (Å²) in [6, 6.07) is 23.2. The fourth-order valence-electron chi connectivity index (χ4n) is 4.30. The fraction of sp³-hybridized carbons (Fsp3) is 0.214. The van der Waals surface area contributed by atoms with Gasteiger partial charge in [0.05, 0.1) is 12.5 Å². The van der Waals surface area contributed by atoms with E-state index >= 15 is 0 Å². The van der Waals surface area contributed by atoms with Crippen molar-refractivity contribution in [3.05, 3.63) is 106 Å². The second-order valence-electron chi connectivity index (χ2n) is 8.54. The van der Waals surface area contributed by atoms with Crippen LogP contribution in [0.3, 0.4) is 0 Å². The maximum Gasteiger partial charge on any atom is 0.222 e. The number of H-pyrrole nitrogens is 1. The third-order valence-corrected chi connectivity index (χ3v) is 6.37. The Balaban J connectivity index is 1.56. The zero-order valence-corrected chi connectivity index (χ0v) is 20.0. The van der Waals surface area contributed by atoms with Gasteiger partial charge in [0.15, 0.2) is 0 Å². The van der Waals surface area contributed by atoms with Gasteiger partial charge in [0.2, 0.25) is 11.8 Å². The number of aromatic amines is 1. The number of hydrogen-bond donors (Lipinski definition) is 3. The van der Waals surface area contributed by atoms with Crippen molar-refractivity contribution in [2.45, 2.75) is 32.2 Å². The smallest absolute Gasteiger partial charge is 0.222 e. The van der Waals surface area contributed by atoms with Crippen LogP contribution in [0.2, 0.25) is 5.02 Å². The van der Waals surface area contributed by atoms with E-state index in [0.29, 0.717) is 11.6 Å². The molecule has 0 spiro atoms. The van der Waals surface area contributed by atoms with E-state index < -0.39 is 6.04 Å². The molecule has 0 fully saturated rings. The van der Waals surface area contributed by atoms with Crippen LogP contribution in [0.1, 0.15) is 47.6 Å². The largest absolute Gasteiger partial charge is 0.361 e. The average Bonchev–Trinajstić information content (AvgIpc) is 3.24. The van der Waals surface area contributed by atoms with Crippen molar-refractivity contribution in [1.82, 2.24) is 15.6 Å². The summed E-state index contributed by atoms with van der Waals surface area (Å²) in [5.41, 5.74) is 5.07. The fourth-order valence-corrected chi connectivity index (χ4v) is 4.56. The Hall–Kier alpha value is -3.57. The van der Waals surface area contributed by atoms with Gasteiger partial charge in [-0.15, -0.1) is 0 Å². The minimum atomic E-state index is -0.398. The van der Waals surface area contributed by atoms with Crippen molar-refractivity contribution in [3.63, 3.8) is 0 Å². The van der Waals surface area contributed by atoms with Gasteiger partial charge in [-0.1, -0.05) is 77.8 Å². The molecule has 2 amide bonds. The van der Waals surface area contributed by atoms with E-state index in [9.17, 15) is 9.59 Å². The number of rotatable bonds is 8. The number of carbonyl (C=O) groups is 2. The molecule has 0 unspecified atom stereocenters. The van der Waals surface area contributed by atoms with Gasteiger partial charge in [-0.05, 0) is 35.7 Å². The summed E-state index contributed by atoms with van der Waals surface area (Å²) in [5.74, 6) is -0.449. The molecule has 4 aromatic rings. The number of fused-ring (bicyclic) bond motifs is 1. The van der Waals surface area contributed by atoms with Gasteiger partial charge in [-0.2, -0.15) is 0 Å². The highest BCUT2D eigenvalue weighted by atomic mass is 35.5. The summed E-state index contributed by atoms with van der Waals surface area (Å²) in [5, 5.41) is 7.73. The van der Waals surface area contributed by atoms with Crippen LogP contribution in [-0.4, -0.2) is 23.3 Å². The highest BCUT2D eigenvalue weighted by Gasteiger charge is 2.23. The van der Waals surface area contributed by atoms with E-state index in [-0.39, 0.29) is 24.2 Å². The molecule has 6 heteroatoms. The van der Waals surface area contributed by atoms with Crippen LogP contribution in [0, 0.1) is 6.92 Å². The summed E-state index contributed by atoms with van der Waals surface area (Å²) in [6.45, 7) is 3.85. The van der Waals surface area contributed by atoms with Crippen molar-refractivity contribution in [2.24, 2.45) is 0 Å².